The molecule has 1 aliphatic heterocycles. The highest BCUT2D eigenvalue weighted by Gasteiger charge is 2.67. The lowest BCUT2D eigenvalue weighted by molar-refractivity contribution is -0.243. The highest BCUT2D eigenvalue weighted by atomic mass is 16.6. The first-order chi connectivity index (χ1) is 9.27. The number of rotatable bonds is 1. The third-order valence-corrected chi connectivity index (χ3v) is 6.13. The van der Waals surface area contributed by atoms with Crippen LogP contribution in [0.25, 0.3) is 0 Å². The first-order valence-electron chi connectivity index (χ1n) is 7.53. The van der Waals surface area contributed by atoms with E-state index in [0.29, 0.717) is 6.61 Å². The van der Waals surface area contributed by atoms with E-state index in [0.717, 1.165) is 24.8 Å². The van der Waals surface area contributed by atoms with Gasteiger partial charge in [0.1, 0.15) is 5.60 Å². The van der Waals surface area contributed by atoms with E-state index in [2.05, 4.69) is 20.8 Å². The molecule has 0 aromatic heterocycles. The summed E-state index contributed by atoms with van der Waals surface area (Å²) < 4.78 is 11.1. The quantitative estimate of drug-likeness (QED) is 0.721. The van der Waals surface area contributed by atoms with Crippen LogP contribution in [0, 0.1) is 16.7 Å². The summed E-state index contributed by atoms with van der Waals surface area (Å²) in [5.41, 5.74) is -0.846. The molecule has 0 spiro atoms. The van der Waals surface area contributed by atoms with Crippen molar-refractivity contribution in [3.8, 4) is 0 Å². The Morgan fingerprint density at radius 3 is 2.65 bits per heavy atom. The number of ether oxygens (including phenoxy) is 2. The molecule has 0 aromatic carbocycles. The van der Waals surface area contributed by atoms with E-state index < -0.39 is 17.3 Å². The predicted molar refractivity (Wildman–Crippen MR) is 75.0 cm³/mol. The number of aliphatic hydroxyl groups is 2. The van der Waals surface area contributed by atoms with Gasteiger partial charge in [-0.25, -0.2) is 0 Å². The highest BCUT2D eigenvalue weighted by Crippen LogP contribution is 2.63. The Bertz CT molecular complexity index is 444. The van der Waals surface area contributed by atoms with E-state index in [1.54, 1.807) is 7.11 Å². The molecule has 2 fully saturated rings. The Kier molecular flexibility index (Phi) is 3.11. The molecule has 5 atom stereocenters. The molecule has 4 heteroatoms. The third kappa shape index (κ3) is 1.56. The molecule has 2 aliphatic carbocycles. The second-order valence-corrected chi connectivity index (χ2v) is 7.56. The SMILES string of the molecule is CO[C@H]1C=C2CO[C@@H](O)[C@]2(O)[C@@]2(C)CCCC(C)(C)[C@H]12. The summed E-state index contributed by atoms with van der Waals surface area (Å²) in [5.74, 6) is 0.166. The van der Waals surface area contributed by atoms with Crippen LogP contribution < -0.4 is 0 Å². The molecule has 1 saturated carbocycles. The fourth-order valence-corrected chi connectivity index (χ4v) is 5.20. The lowest BCUT2D eigenvalue weighted by Crippen LogP contribution is -2.65. The number of hydrogen-bond donors (Lipinski definition) is 2. The maximum Gasteiger partial charge on any atom is 0.188 e. The molecule has 0 aromatic rings. The standard InChI is InChI=1S/C16H26O4/c1-14(2)6-5-7-15(3)12(14)11(19-4)8-10-9-20-13(17)16(10,15)18/h8,11-13,17-18H,5-7,9H2,1-4H3/t11-,12-,13+,15-,16-/m0/s1. The third-order valence-electron chi connectivity index (χ3n) is 6.13. The van der Waals surface area contributed by atoms with Crippen LogP contribution in [0.15, 0.2) is 11.6 Å². The smallest absolute Gasteiger partial charge is 0.188 e. The van der Waals surface area contributed by atoms with Gasteiger partial charge in [0.25, 0.3) is 0 Å². The first kappa shape index (κ1) is 14.5. The van der Waals surface area contributed by atoms with Gasteiger partial charge in [-0.15, -0.1) is 0 Å². The summed E-state index contributed by atoms with van der Waals surface area (Å²) in [6.45, 7) is 6.87. The number of hydrogen-bond acceptors (Lipinski definition) is 4. The van der Waals surface area contributed by atoms with Gasteiger partial charge in [0.05, 0.1) is 12.7 Å². The number of aliphatic hydroxyl groups excluding tert-OH is 1. The molecule has 1 saturated heterocycles. The second kappa shape index (κ2) is 4.29. The van der Waals surface area contributed by atoms with E-state index >= 15 is 0 Å². The van der Waals surface area contributed by atoms with E-state index in [1.807, 2.05) is 6.08 Å². The van der Waals surface area contributed by atoms with Gasteiger partial charge >= 0.3 is 0 Å². The topological polar surface area (TPSA) is 58.9 Å². The molecule has 3 aliphatic rings. The van der Waals surface area contributed by atoms with Crippen molar-refractivity contribution in [2.45, 2.75) is 58.0 Å². The van der Waals surface area contributed by atoms with Crippen LogP contribution in [0.3, 0.4) is 0 Å². The van der Waals surface area contributed by atoms with E-state index in [1.165, 1.54) is 0 Å². The molecular formula is C16H26O4. The van der Waals surface area contributed by atoms with Gasteiger partial charge in [-0.3, -0.25) is 0 Å². The van der Waals surface area contributed by atoms with Crippen molar-refractivity contribution in [3.63, 3.8) is 0 Å². The lowest BCUT2D eigenvalue weighted by atomic mass is 9.46. The lowest BCUT2D eigenvalue weighted by Gasteiger charge is -2.61. The Balaban J connectivity index is 2.18. The van der Waals surface area contributed by atoms with Crippen molar-refractivity contribution in [3.05, 3.63) is 11.6 Å². The van der Waals surface area contributed by atoms with Gasteiger partial charge in [0.2, 0.25) is 0 Å². The summed E-state index contributed by atoms with van der Waals surface area (Å²) in [6.07, 6.45) is 3.87. The van der Waals surface area contributed by atoms with Crippen molar-refractivity contribution < 1.29 is 19.7 Å². The van der Waals surface area contributed by atoms with Gasteiger partial charge in [-0.05, 0) is 23.8 Å². The average molecular weight is 282 g/mol. The fraction of sp³-hybridized carbons (Fsp3) is 0.875. The van der Waals surface area contributed by atoms with Gasteiger partial charge in [0, 0.05) is 18.4 Å². The summed E-state index contributed by atoms with van der Waals surface area (Å²) in [6, 6.07) is 0. The van der Waals surface area contributed by atoms with Gasteiger partial charge in [0.15, 0.2) is 6.29 Å². The van der Waals surface area contributed by atoms with Gasteiger partial charge in [-0.2, -0.15) is 0 Å². The molecule has 0 unspecified atom stereocenters. The second-order valence-electron chi connectivity index (χ2n) is 7.56. The van der Waals surface area contributed by atoms with Crippen molar-refractivity contribution in [1.82, 2.24) is 0 Å². The van der Waals surface area contributed by atoms with E-state index in [9.17, 15) is 10.2 Å². The zero-order valence-electron chi connectivity index (χ0n) is 12.8. The highest BCUT2D eigenvalue weighted by molar-refractivity contribution is 5.35. The van der Waals surface area contributed by atoms with Crippen molar-refractivity contribution >= 4 is 0 Å². The number of methoxy groups -OCH3 is 1. The predicted octanol–water partition coefficient (Wildman–Crippen LogP) is 1.85. The van der Waals surface area contributed by atoms with Gasteiger partial charge in [-0.1, -0.05) is 33.3 Å². The molecule has 20 heavy (non-hydrogen) atoms. The summed E-state index contributed by atoms with van der Waals surface area (Å²) in [4.78, 5) is 0. The van der Waals surface area contributed by atoms with Crippen LogP contribution >= 0.6 is 0 Å². The zero-order valence-corrected chi connectivity index (χ0v) is 12.8. The minimum atomic E-state index is -1.27. The van der Waals surface area contributed by atoms with Crippen LogP contribution in [-0.4, -0.2) is 41.9 Å². The summed E-state index contributed by atoms with van der Waals surface area (Å²) in [7, 11) is 1.73. The fourth-order valence-electron chi connectivity index (χ4n) is 5.20. The Labute approximate surface area is 120 Å². The van der Waals surface area contributed by atoms with Crippen LogP contribution in [0.2, 0.25) is 0 Å². The van der Waals surface area contributed by atoms with E-state index in [4.69, 9.17) is 9.47 Å². The Morgan fingerprint density at radius 1 is 1.30 bits per heavy atom. The maximum absolute atomic E-state index is 11.3. The molecule has 114 valence electrons. The Morgan fingerprint density at radius 2 is 2.00 bits per heavy atom. The zero-order chi connectivity index (χ0) is 14.8. The van der Waals surface area contributed by atoms with Crippen LogP contribution in [-0.2, 0) is 9.47 Å². The van der Waals surface area contributed by atoms with Crippen molar-refractivity contribution in [2.24, 2.45) is 16.7 Å². The van der Waals surface area contributed by atoms with Gasteiger partial charge < -0.3 is 19.7 Å². The number of fused-ring (bicyclic) bond motifs is 3. The molecule has 0 amide bonds. The molecular weight excluding hydrogens is 256 g/mol. The molecule has 1 heterocycles. The molecule has 0 bridgehead atoms. The van der Waals surface area contributed by atoms with Crippen molar-refractivity contribution in [2.75, 3.05) is 13.7 Å². The first-order valence-corrected chi connectivity index (χ1v) is 7.53. The molecule has 0 radical (unpaired) electrons. The Hall–Kier alpha value is -0.420. The van der Waals surface area contributed by atoms with E-state index in [-0.39, 0.29) is 17.4 Å². The van der Waals surface area contributed by atoms with Crippen molar-refractivity contribution in [1.29, 1.82) is 0 Å². The minimum absolute atomic E-state index is 0.0283. The summed E-state index contributed by atoms with van der Waals surface area (Å²) >= 11 is 0. The molecule has 4 nitrogen and oxygen atoms in total. The van der Waals surface area contributed by atoms with Crippen LogP contribution in [0.1, 0.15) is 40.0 Å². The normalized spacial score (nSPS) is 50.3. The minimum Gasteiger partial charge on any atom is -0.379 e. The molecule has 2 N–H and O–H groups in total. The maximum atomic E-state index is 11.3. The largest absolute Gasteiger partial charge is 0.379 e. The monoisotopic (exact) mass is 282 g/mol. The van der Waals surface area contributed by atoms with Crippen LogP contribution in [0.4, 0.5) is 0 Å². The molecule has 3 rings (SSSR count). The van der Waals surface area contributed by atoms with Crippen LogP contribution in [0.5, 0.6) is 0 Å². The summed E-state index contributed by atoms with van der Waals surface area (Å²) in [5, 5.41) is 21.5. The average Bonchev–Trinajstić information content (AvgIpc) is 2.66.